The van der Waals surface area contributed by atoms with Crippen LogP contribution in [0.25, 0.3) is 11.4 Å². The Morgan fingerprint density at radius 2 is 1.90 bits per heavy atom. The summed E-state index contributed by atoms with van der Waals surface area (Å²) in [7, 11) is 0. The van der Waals surface area contributed by atoms with Crippen molar-refractivity contribution in [2.45, 2.75) is 19.9 Å². The fourth-order valence-electron chi connectivity index (χ4n) is 2.96. The molecule has 0 unspecified atom stereocenters. The van der Waals surface area contributed by atoms with Crippen molar-refractivity contribution in [1.29, 1.82) is 0 Å². The van der Waals surface area contributed by atoms with Crippen LogP contribution in [0.3, 0.4) is 0 Å². The van der Waals surface area contributed by atoms with Gasteiger partial charge in [-0.2, -0.15) is 0 Å². The number of aliphatic hydroxyl groups excluding tert-OH is 1. The van der Waals surface area contributed by atoms with Crippen molar-refractivity contribution in [1.82, 2.24) is 9.55 Å². The maximum Gasteiger partial charge on any atom is 0.257 e. The third-order valence-electron chi connectivity index (χ3n) is 4.38. The molecular formula is C21H19ClFN3O3. The van der Waals surface area contributed by atoms with Gasteiger partial charge in [0.25, 0.3) is 5.56 Å². The van der Waals surface area contributed by atoms with Crippen LogP contribution in [0, 0.1) is 12.7 Å². The van der Waals surface area contributed by atoms with Crippen LogP contribution in [0.15, 0.2) is 53.3 Å². The number of hydrogen-bond acceptors (Lipinski definition) is 4. The van der Waals surface area contributed by atoms with Gasteiger partial charge in [0.15, 0.2) is 0 Å². The lowest BCUT2D eigenvalue weighted by molar-refractivity contribution is -0.116. The Labute approximate surface area is 171 Å². The first-order valence-electron chi connectivity index (χ1n) is 8.92. The van der Waals surface area contributed by atoms with Crippen molar-refractivity contribution >= 4 is 23.2 Å². The molecule has 0 radical (unpaired) electrons. The van der Waals surface area contributed by atoms with E-state index in [0.29, 0.717) is 21.8 Å². The summed E-state index contributed by atoms with van der Waals surface area (Å²) in [6.07, 6.45) is 0.119. The Kier molecular flexibility index (Phi) is 6.41. The summed E-state index contributed by atoms with van der Waals surface area (Å²) >= 11 is 5.94. The Balaban J connectivity index is 2.03. The van der Waals surface area contributed by atoms with Gasteiger partial charge in [-0.05, 0) is 43.3 Å². The molecule has 6 nitrogen and oxygen atoms in total. The van der Waals surface area contributed by atoms with Crippen LogP contribution in [-0.2, 0) is 17.8 Å². The second-order valence-corrected chi connectivity index (χ2v) is 6.84. The minimum absolute atomic E-state index is 0.0224. The molecule has 0 aliphatic carbocycles. The molecule has 3 aromatic rings. The third kappa shape index (κ3) is 4.70. The van der Waals surface area contributed by atoms with Crippen molar-refractivity contribution in [3.63, 3.8) is 0 Å². The third-order valence-corrected chi connectivity index (χ3v) is 4.64. The highest BCUT2D eigenvalue weighted by molar-refractivity contribution is 6.30. The molecule has 0 bridgehead atoms. The normalized spacial score (nSPS) is 10.8. The van der Waals surface area contributed by atoms with Crippen molar-refractivity contribution in [3.8, 4) is 11.4 Å². The van der Waals surface area contributed by atoms with E-state index in [1.54, 1.807) is 37.3 Å². The molecule has 2 N–H and O–H groups in total. The number of nitrogens with one attached hydrogen (secondary N) is 1. The van der Waals surface area contributed by atoms with Crippen molar-refractivity contribution in [3.05, 3.63) is 81.0 Å². The minimum Gasteiger partial charge on any atom is -0.396 e. The number of carbonyl (C=O) groups is 1. The fourth-order valence-corrected chi connectivity index (χ4v) is 3.09. The molecule has 0 aliphatic rings. The van der Waals surface area contributed by atoms with Gasteiger partial charge in [-0.1, -0.05) is 23.7 Å². The van der Waals surface area contributed by atoms with Gasteiger partial charge in [-0.3, -0.25) is 14.2 Å². The SMILES string of the molecule is Cc1nc(-c2ccc(Cl)cc2)n(CC(=O)Nc2ccccc2F)c(=O)c1CCO. The molecule has 0 aliphatic heterocycles. The predicted molar refractivity (Wildman–Crippen MR) is 109 cm³/mol. The molecule has 0 saturated heterocycles. The van der Waals surface area contributed by atoms with Crippen LogP contribution < -0.4 is 10.9 Å². The van der Waals surface area contributed by atoms with Gasteiger partial charge in [0.1, 0.15) is 18.2 Å². The highest BCUT2D eigenvalue weighted by atomic mass is 35.5. The summed E-state index contributed by atoms with van der Waals surface area (Å²) in [5, 5.41) is 12.3. The van der Waals surface area contributed by atoms with Crippen LogP contribution in [0.4, 0.5) is 10.1 Å². The monoisotopic (exact) mass is 415 g/mol. The molecule has 8 heteroatoms. The van der Waals surface area contributed by atoms with Crippen molar-refractivity contribution in [2.75, 3.05) is 11.9 Å². The van der Waals surface area contributed by atoms with Crippen LogP contribution in [-0.4, -0.2) is 27.2 Å². The van der Waals surface area contributed by atoms with Gasteiger partial charge in [-0.15, -0.1) is 0 Å². The largest absolute Gasteiger partial charge is 0.396 e. The number of aryl methyl sites for hydroxylation is 1. The van der Waals surface area contributed by atoms with Gasteiger partial charge in [0.05, 0.1) is 5.69 Å². The van der Waals surface area contributed by atoms with E-state index in [9.17, 15) is 19.1 Å². The van der Waals surface area contributed by atoms with Crippen molar-refractivity contribution < 1.29 is 14.3 Å². The summed E-state index contributed by atoms with van der Waals surface area (Å²) in [4.78, 5) is 30.1. The molecular weight excluding hydrogens is 397 g/mol. The molecule has 2 aromatic carbocycles. The molecule has 1 heterocycles. The van der Waals surface area contributed by atoms with E-state index in [0.717, 1.165) is 0 Å². The lowest BCUT2D eigenvalue weighted by atomic mass is 10.1. The number of nitrogens with zero attached hydrogens (tertiary/aromatic N) is 2. The number of para-hydroxylation sites is 1. The lowest BCUT2D eigenvalue weighted by Gasteiger charge is -2.16. The number of carbonyl (C=O) groups excluding carboxylic acids is 1. The van der Waals surface area contributed by atoms with E-state index in [1.165, 1.54) is 22.8 Å². The highest BCUT2D eigenvalue weighted by Crippen LogP contribution is 2.20. The van der Waals surface area contributed by atoms with E-state index >= 15 is 0 Å². The summed E-state index contributed by atoms with van der Waals surface area (Å²) in [5.41, 5.74) is 0.988. The number of aromatic nitrogens is 2. The minimum atomic E-state index is -0.576. The predicted octanol–water partition coefficient (Wildman–Crippen LogP) is 3.18. The zero-order valence-electron chi connectivity index (χ0n) is 15.7. The van der Waals surface area contributed by atoms with Crippen LogP contribution in [0.2, 0.25) is 5.02 Å². The molecule has 0 spiro atoms. The molecule has 3 rings (SSSR count). The maximum atomic E-state index is 13.8. The number of benzene rings is 2. The number of rotatable bonds is 6. The average molecular weight is 416 g/mol. The zero-order chi connectivity index (χ0) is 21.0. The average Bonchev–Trinajstić information content (AvgIpc) is 2.69. The zero-order valence-corrected chi connectivity index (χ0v) is 16.4. The van der Waals surface area contributed by atoms with E-state index in [4.69, 9.17) is 11.6 Å². The number of amides is 1. The molecule has 1 aromatic heterocycles. The van der Waals surface area contributed by atoms with Gasteiger partial charge in [0, 0.05) is 34.9 Å². The van der Waals surface area contributed by atoms with Crippen LogP contribution >= 0.6 is 11.6 Å². The molecule has 1 amide bonds. The number of halogens is 2. The molecule has 0 fully saturated rings. The van der Waals surface area contributed by atoms with Gasteiger partial charge in [-0.25, -0.2) is 9.37 Å². The van der Waals surface area contributed by atoms with Crippen molar-refractivity contribution in [2.24, 2.45) is 0 Å². The second-order valence-electron chi connectivity index (χ2n) is 6.40. The Bertz CT molecular complexity index is 1100. The van der Waals surface area contributed by atoms with E-state index in [2.05, 4.69) is 10.3 Å². The number of aliphatic hydroxyl groups is 1. The number of hydrogen-bond donors (Lipinski definition) is 2. The van der Waals surface area contributed by atoms with Gasteiger partial charge >= 0.3 is 0 Å². The quantitative estimate of drug-likeness (QED) is 0.647. The summed E-state index contributed by atoms with van der Waals surface area (Å²) in [6.45, 7) is 1.09. The maximum absolute atomic E-state index is 13.8. The first kappa shape index (κ1) is 20.7. The smallest absolute Gasteiger partial charge is 0.257 e. The summed E-state index contributed by atoms with van der Waals surface area (Å²) < 4.78 is 15.1. The van der Waals surface area contributed by atoms with Crippen LogP contribution in [0.5, 0.6) is 0 Å². The Morgan fingerprint density at radius 1 is 1.21 bits per heavy atom. The first-order chi connectivity index (χ1) is 13.9. The van der Waals surface area contributed by atoms with Gasteiger partial charge < -0.3 is 10.4 Å². The first-order valence-corrected chi connectivity index (χ1v) is 9.30. The van der Waals surface area contributed by atoms with Crippen LogP contribution in [0.1, 0.15) is 11.3 Å². The lowest BCUT2D eigenvalue weighted by Crippen LogP contribution is -2.33. The summed E-state index contributed by atoms with van der Waals surface area (Å²) in [5.74, 6) is -0.864. The molecule has 29 heavy (non-hydrogen) atoms. The topological polar surface area (TPSA) is 84.2 Å². The Hall–Kier alpha value is -3.03. The fraction of sp³-hybridized carbons (Fsp3) is 0.190. The summed E-state index contributed by atoms with van der Waals surface area (Å²) in [6, 6.07) is 12.5. The molecule has 0 atom stereocenters. The van der Waals surface area contributed by atoms with E-state index in [-0.39, 0.29) is 31.1 Å². The van der Waals surface area contributed by atoms with E-state index < -0.39 is 17.3 Å². The second kappa shape index (κ2) is 8.98. The Morgan fingerprint density at radius 3 is 2.55 bits per heavy atom. The van der Waals surface area contributed by atoms with Gasteiger partial charge in [0.2, 0.25) is 5.91 Å². The molecule has 0 saturated carbocycles. The molecule has 150 valence electrons. The highest BCUT2D eigenvalue weighted by Gasteiger charge is 2.18. The van der Waals surface area contributed by atoms with E-state index in [1.807, 2.05) is 0 Å². The number of anilines is 1. The standard InChI is InChI=1S/C21H19ClFN3O3/c1-13-16(10-11-27)21(29)26(20(24-13)14-6-8-15(22)9-7-14)12-19(28)25-18-5-3-2-4-17(18)23/h2-9,27H,10-12H2,1H3,(H,25,28).